The zero-order valence-corrected chi connectivity index (χ0v) is 16.2. The van der Waals surface area contributed by atoms with Gasteiger partial charge in [-0.25, -0.2) is 4.39 Å². The molecule has 3 rings (SSSR count). The summed E-state index contributed by atoms with van der Waals surface area (Å²) in [6.45, 7) is 4.78. The standard InChI is InChI=1S/C22H25FN2O4/c23-18-2-1-3-19(16-18)25-12-10-24(11-13-25)14-15-29-20-6-4-17(5-7-20)21(26)8-9-22(27)28/h1-7,16H,8-15H2,(H,27,28). The van der Waals surface area contributed by atoms with Gasteiger partial charge in [-0.3, -0.25) is 14.5 Å². The lowest BCUT2D eigenvalue weighted by molar-refractivity contribution is -0.136. The number of carboxylic acid groups (broad SMARTS) is 1. The molecule has 1 aliphatic heterocycles. The number of carbonyl (C=O) groups excluding carboxylic acids is 1. The number of benzene rings is 2. The predicted octanol–water partition coefficient (Wildman–Crippen LogP) is 3.07. The number of ether oxygens (including phenoxy) is 1. The van der Waals surface area contributed by atoms with Gasteiger partial charge < -0.3 is 14.7 Å². The number of aliphatic carboxylic acids is 1. The van der Waals surface area contributed by atoms with E-state index in [0.29, 0.717) is 17.9 Å². The molecule has 0 unspecified atom stereocenters. The Bertz CT molecular complexity index is 833. The van der Waals surface area contributed by atoms with Gasteiger partial charge in [-0.15, -0.1) is 0 Å². The molecule has 29 heavy (non-hydrogen) atoms. The van der Waals surface area contributed by atoms with Crippen LogP contribution >= 0.6 is 0 Å². The predicted molar refractivity (Wildman–Crippen MR) is 108 cm³/mol. The largest absolute Gasteiger partial charge is 0.492 e. The third-order valence-electron chi connectivity index (χ3n) is 4.96. The summed E-state index contributed by atoms with van der Waals surface area (Å²) in [5, 5.41) is 8.65. The molecule has 0 bridgehead atoms. The van der Waals surface area contributed by atoms with Gasteiger partial charge in [0.15, 0.2) is 5.78 Å². The third-order valence-corrected chi connectivity index (χ3v) is 4.96. The maximum atomic E-state index is 13.4. The van der Waals surface area contributed by atoms with Crippen LogP contribution in [0.4, 0.5) is 10.1 Å². The van der Waals surface area contributed by atoms with E-state index in [-0.39, 0.29) is 24.4 Å². The van der Waals surface area contributed by atoms with Gasteiger partial charge in [0, 0.05) is 50.4 Å². The Balaban J connectivity index is 1.38. The Kier molecular flexibility index (Phi) is 7.19. The Labute approximate surface area is 169 Å². The molecule has 1 fully saturated rings. The molecule has 1 aliphatic rings. The minimum atomic E-state index is -0.977. The van der Waals surface area contributed by atoms with Gasteiger partial charge in [0.25, 0.3) is 0 Å². The summed E-state index contributed by atoms with van der Waals surface area (Å²) >= 11 is 0. The molecule has 0 saturated carbocycles. The van der Waals surface area contributed by atoms with E-state index in [9.17, 15) is 14.0 Å². The number of nitrogens with zero attached hydrogens (tertiary/aromatic N) is 2. The summed E-state index contributed by atoms with van der Waals surface area (Å²) < 4.78 is 19.1. The average Bonchev–Trinajstić information content (AvgIpc) is 2.73. The first-order chi connectivity index (χ1) is 14.0. The lowest BCUT2D eigenvalue weighted by Gasteiger charge is -2.36. The lowest BCUT2D eigenvalue weighted by Crippen LogP contribution is -2.47. The van der Waals surface area contributed by atoms with Crippen LogP contribution in [-0.2, 0) is 4.79 Å². The number of anilines is 1. The molecule has 7 heteroatoms. The second-order valence-electron chi connectivity index (χ2n) is 7.00. The molecular weight excluding hydrogens is 375 g/mol. The maximum absolute atomic E-state index is 13.4. The SMILES string of the molecule is O=C(O)CCC(=O)c1ccc(OCCN2CCN(c3cccc(F)c3)CC2)cc1. The number of hydrogen-bond acceptors (Lipinski definition) is 5. The summed E-state index contributed by atoms with van der Waals surface area (Å²) in [5.41, 5.74) is 1.41. The van der Waals surface area contributed by atoms with E-state index < -0.39 is 5.97 Å². The summed E-state index contributed by atoms with van der Waals surface area (Å²) in [6, 6.07) is 13.5. The number of ketones is 1. The second-order valence-corrected chi connectivity index (χ2v) is 7.00. The second kappa shape index (κ2) is 10.0. The van der Waals surface area contributed by atoms with Gasteiger partial charge in [-0.05, 0) is 42.5 Å². The van der Waals surface area contributed by atoms with Gasteiger partial charge in [0.2, 0.25) is 0 Å². The van der Waals surface area contributed by atoms with E-state index in [0.717, 1.165) is 38.4 Å². The molecule has 2 aromatic rings. The Morgan fingerprint density at radius 1 is 1.00 bits per heavy atom. The monoisotopic (exact) mass is 400 g/mol. The molecular formula is C22H25FN2O4. The van der Waals surface area contributed by atoms with Gasteiger partial charge in [0.1, 0.15) is 18.2 Å². The van der Waals surface area contributed by atoms with E-state index in [1.54, 1.807) is 36.4 Å². The first-order valence-electron chi connectivity index (χ1n) is 9.72. The highest BCUT2D eigenvalue weighted by Gasteiger charge is 2.17. The molecule has 0 amide bonds. The first kappa shape index (κ1) is 20.8. The van der Waals surface area contributed by atoms with Crippen molar-refractivity contribution in [3.8, 4) is 5.75 Å². The van der Waals surface area contributed by atoms with Gasteiger partial charge in [0.05, 0.1) is 6.42 Å². The third kappa shape index (κ3) is 6.29. The fourth-order valence-electron chi connectivity index (χ4n) is 3.30. The van der Waals surface area contributed by atoms with Crippen molar-refractivity contribution in [2.24, 2.45) is 0 Å². The number of carboxylic acids is 1. The van der Waals surface area contributed by atoms with E-state index in [1.165, 1.54) is 6.07 Å². The molecule has 0 aromatic heterocycles. The van der Waals surface area contributed by atoms with Crippen molar-refractivity contribution in [3.05, 3.63) is 59.9 Å². The quantitative estimate of drug-likeness (QED) is 0.653. The highest BCUT2D eigenvalue weighted by Crippen LogP contribution is 2.18. The molecule has 1 saturated heterocycles. The van der Waals surface area contributed by atoms with Crippen LogP contribution in [0.1, 0.15) is 23.2 Å². The van der Waals surface area contributed by atoms with Crippen LogP contribution in [0.2, 0.25) is 0 Å². The summed E-state index contributed by atoms with van der Waals surface area (Å²) in [5.74, 6) is -0.698. The number of Topliss-reactive ketones (excluding diaryl/α,β-unsaturated/α-hetero) is 1. The van der Waals surface area contributed by atoms with Crippen LogP contribution in [0, 0.1) is 5.82 Å². The van der Waals surface area contributed by atoms with Crippen LogP contribution in [-0.4, -0.2) is 61.1 Å². The number of hydrogen-bond donors (Lipinski definition) is 1. The van der Waals surface area contributed by atoms with E-state index in [2.05, 4.69) is 9.80 Å². The molecule has 154 valence electrons. The van der Waals surface area contributed by atoms with Gasteiger partial charge in [-0.1, -0.05) is 6.07 Å². The Morgan fingerprint density at radius 3 is 2.38 bits per heavy atom. The fraction of sp³-hybridized carbons (Fsp3) is 0.364. The van der Waals surface area contributed by atoms with E-state index in [4.69, 9.17) is 9.84 Å². The van der Waals surface area contributed by atoms with Crippen molar-refractivity contribution >= 4 is 17.4 Å². The molecule has 0 radical (unpaired) electrons. The summed E-state index contributed by atoms with van der Waals surface area (Å²) in [7, 11) is 0. The molecule has 6 nitrogen and oxygen atoms in total. The molecule has 1 N–H and O–H groups in total. The summed E-state index contributed by atoms with van der Waals surface area (Å²) in [4.78, 5) is 26.9. The van der Waals surface area contributed by atoms with Crippen molar-refractivity contribution in [2.75, 3.05) is 44.2 Å². The summed E-state index contributed by atoms with van der Waals surface area (Å²) in [6.07, 6.45) is -0.166. The first-order valence-corrected chi connectivity index (χ1v) is 9.72. The number of rotatable bonds is 9. The van der Waals surface area contributed by atoms with Crippen molar-refractivity contribution in [2.45, 2.75) is 12.8 Å². The topological polar surface area (TPSA) is 70.1 Å². The maximum Gasteiger partial charge on any atom is 0.303 e. The highest BCUT2D eigenvalue weighted by molar-refractivity contribution is 5.97. The van der Waals surface area contributed by atoms with Gasteiger partial charge in [-0.2, -0.15) is 0 Å². The average molecular weight is 400 g/mol. The van der Waals surface area contributed by atoms with E-state index >= 15 is 0 Å². The minimum Gasteiger partial charge on any atom is -0.492 e. The molecule has 1 heterocycles. The highest BCUT2D eigenvalue weighted by atomic mass is 19.1. The fourth-order valence-corrected chi connectivity index (χ4v) is 3.30. The van der Waals surface area contributed by atoms with Crippen molar-refractivity contribution in [3.63, 3.8) is 0 Å². The van der Waals surface area contributed by atoms with Crippen molar-refractivity contribution < 1.29 is 23.8 Å². The van der Waals surface area contributed by atoms with Crippen molar-refractivity contribution in [1.82, 2.24) is 4.90 Å². The normalized spacial score (nSPS) is 14.6. The molecule has 0 aliphatic carbocycles. The minimum absolute atomic E-state index is 0.00284. The zero-order valence-electron chi connectivity index (χ0n) is 16.2. The molecule has 0 spiro atoms. The smallest absolute Gasteiger partial charge is 0.303 e. The molecule has 2 aromatic carbocycles. The van der Waals surface area contributed by atoms with Crippen LogP contribution in [0.15, 0.2) is 48.5 Å². The van der Waals surface area contributed by atoms with Gasteiger partial charge >= 0.3 is 5.97 Å². The zero-order chi connectivity index (χ0) is 20.6. The van der Waals surface area contributed by atoms with E-state index in [1.807, 2.05) is 6.07 Å². The van der Waals surface area contributed by atoms with Crippen LogP contribution in [0.3, 0.4) is 0 Å². The number of piperazine rings is 1. The molecule has 0 atom stereocenters. The van der Waals surface area contributed by atoms with Crippen LogP contribution in [0.25, 0.3) is 0 Å². The Hall–Kier alpha value is -2.93. The number of halogens is 1. The Morgan fingerprint density at radius 2 is 1.72 bits per heavy atom. The van der Waals surface area contributed by atoms with Crippen LogP contribution < -0.4 is 9.64 Å². The number of carbonyl (C=O) groups is 2. The van der Waals surface area contributed by atoms with Crippen molar-refractivity contribution in [1.29, 1.82) is 0 Å². The lowest BCUT2D eigenvalue weighted by atomic mass is 10.1. The van der Waals surface area contributed by atoms with Crippen LogP contribution in [0.5, 0.6) is 5.75 Å².